The Labute approximate surface area is 121 Å². The Kier molecular flexibility index (Phi) is 6.02. The first-order valence-electron chi connectivity index (χ1n) is 7.86. The normalized spacial score (nSPS) is 35.9. The molecular formula is C15H28N2OS. The van der Waals surface area contributed by atoms with Crippen LogP contribution in [0, 0.1) is 5.92 Å². The molecule has 2 fully saturated rings. The van der Waals surface area contributed by atoms with Gasteiger partial charge in [0.1, 0.15) is 0 Å². The van der Waals surface area contributed by atoms with Gasteiger partial charge in [0.15, 0.2) is 0 Å². The van der Waals surface area contributed by atoms with E-state index in [-0.39, 0.29) is 17.9 Å². The number of thioether (sulfide) groups is 1. The summed E-state index contributed by atoms with van der Waals surface area (Å²) in [6.07, 6.45) is 8.99. The number of amides is 1. The number of nitrogens with one attached hydrogen (secondary N) is 1. The maximum absolute atomic E-state index is 12.3. The molecule has 3 nitrogen and oxygen atoms in total. The van der Waals surface area contributed by atoms with E-state index < -0.39 is 0 Å². The molecule has 0 saturated heterocycles. The minimum absolute atomic E-state index is 0.169. The van der Waals surface area contributed by atoms with Gasteiger partial charge in [0, 0.05) is 23.3 Å². The molecule has 4 atom stereocenters. The molecular weight excluding hydrogens is 256 g/mol. The highest BCUT2D eigenvalue weighted by molar-refractivity contribution is 7.99. The van der Waals surface area contributed by atoms with Gasteiger partial charge in [-0.2, -0.15) is 11.8 Å². The predicted octanol–water partition coefficient (Wildman–Crippen LogP) is 2.68. The van der Waals surface area contributed by atoms with Crippen LogP contribution in [0.2, 0.25) is 0 Å². The number of hydrogen-bond donors (Lipinski definition) is 2. The van der Waals surface area contributed by atoms with Crippen molar-refractivity contribution in [2.75, 3.05) is 5.75 Å². The molecule has 0 heterocycles. The molecule has 0 aliphatic heterocycles. The lowest BCUT2D eigenvalue weighted by molar-refractivity contribution is -0.127. The molecule has 2 aliphatic rings. The summed E-state index contributed by atoms with van der Waals surface area (Å²) in [4.78, 5) is 12.3. The Hall–Kier alpha value is -0.220. The second kappa shape index (κ2) is 7.53. The largest absolute Gasteiger partial charge is 0.353 e. The Morgan fingerprint density at radius 3 is 2.74 bits per heavy atom. The van der Waals surface area contributed by atoms with Gasteiger partial charge in [-0.15, -0.1) is 0 Å². The number of hydrogen-bond acceptors (Lipinski definition) is 3. The van der Waals surface area contributed by atoms with Crippen LogP contribution < -0.4 is 11.1 Å². The third-order valence-electron chi connectivity index (χ3n) is 4.46. The summed E-state index contributed by atoms with van der Waals surface area (Å²) in [5.41, 5.74) is 5.97. The fourth-order valence-corrected chi connectivity index (χ4v) is 4.62. The van der Waals surface area contributed by atoms with Gasteiger partial charge in [-0.1, -0.05) is 19.8 Å². The summed E-state index contributed by atoms with van der Waals surface area (Å²) >= 11 is 2.05. The number of carbonyl (C=O) groups excluding carboxylic acids is 1. The zero-order chi connectivity index (χ0) is 13.7. The number of nitrogens with two attached hydrogens (primary N) is 1. The SMILES string of the molecule is CCSC1CCCC(NC(=O)C2CCCC(N)C2)C1. The second-order valence-corrected chi connectivity index (χ2v) is 7.65. The lowest BCUT2D eigenvalue weighted by Gasteiger charge is -2.32. The molecule has 110 valence electrons. The van der Waals surface area contributed by atoms with Gasteiger partial charge in [-0.25, -0.2) is 0 Å². The standard InChI is InChI=1S/C15H28N2OS/c1-2-19-14-8-4-7-13(10-14)17-15(18)11-5-3-6-12(16)9-11/h11-14H,2-10,16H2,1H3,(H,17,18). The van der Waals surface area contributed by atoms with Gasteiger partial charge in [0.2, 0.25) is 5.91 Å². The van der Waals surface area contributed by atoms with Gasteiger partial charge in [-0.05, 0) is 44.3 Å². The van der Waals surface area contributed by atoms with E-state index in [9.17, 15) is 4.79 Å². The van der Waals surface area contributed by atoms with Crippen molar-refractivity contribution < 1.29 is 4.79 Å². The molecule has 2 rings (SSSR count). The quantitative estimate of drug-likeness (QED) is 0.834. The maximum atomic E-state index is 12.3. The monoisotopic (exact) mass is 284 g/mol. The lowest BCUT2D eigenvalue weighted by atomic mass is 9.85. The van der Waals surface area contributed by atoms with Crippen LogP contribution in [0.15, 0.2) is 0 Å². The van der Waals surface area contributed by atoms with Crippen LogP contribution in [0.3, 0.4) is 0 Å². The molecule has 0 bridgehead atoms. The fourth-order valence-electron chi connectivity index (χ4n) is 3.45. The van der Waals surface area contributed by atoms with Crippen molar-refractivity contribution in [3.05, 3.63) is 0 Å². The van der Waals surface area contributed by atoms with Gasteiger partial charge >= 0.3 is 0 Å². The van der Waals surface area contributed by atoms with E-state index in [0.717, 1.165) is 43.8 Å². The summed E-state index contributed by atoms with van der Waals surface area (Å²) in [6, 6.07) is 0.641. The minimum Gasteiger partial charge on any atom is -0.353 e. The Morgan fingerprint density at radius 1 is 1.21 bits per heavy atom. The van der Waals surface area contributed by atoms with Crippen molar-refractivity contribution in [1.29, 1.82) is 0 Å². The van der Waals surface area contributed by atoms with Crippen LogP contribution in [-0.2, 0) is 4.79 Å². The molecule has 4 unspecified atom stereocenters. The molecule has 1 amide bonds. The molecule has 0 aromatic heterocycles. The summed E-state index contributed by atoms with van der Waals surface area (Å²) in [6.45, 7) is 2.22. The topological polar surface area (TPSA) is 55.1 Å². The van der Waals surface area contributed by atoms with Crippen LogP contribution in [0.5, 0.6) is 0 Å². The zero-order valence-corrected chi connectivity index (χ0v) is 12.9. The first kappa shape index (κ1) is 15.2. The maximum Gasteiger partial charge on any atom is 0.223 e. The highest BCUT2D eigenvalue weighted by Gasteiger charge is 2.28. The molecule has 2 aliphatic carbocycles. The molecule has 0 spiro atoms. The van der Waals surface area contributed by atoms with Crippen molar-refractivity contribution >= 4 is 17.7 Å². The summed E-state index contributed by atoms with van der Waals surface area (Å²) in [5, 5.41) is 4.04. The average molecular weight is 284 g/mol. The summed E-state index contributed by atoms with van der Waals surface area (Å²) in [5.74, 6) is 1.62. The molecule has 0 radical (unpaired) electrons. The number of rotatable bonds is 4. The fraction of sp³-hybridized carbons (Fsp3) is 0.933. The van der Waals surface area contributed by atoms with Crippen molar-refractivity contribution in [2.24, 2.45) is 11.7 Å². The van der Waals surface area contributed by atoms with Crippen molar-refractivity contribution in [3.8, 4) is 0 Å². The Bertz CT molecular complexity index is 296. The van der Waals surface area contributed by atoms with Crippen LogP contribution >= 0.6 is 11.8 Å². The van der Waals surface area contributed by atoms with E-state index >= 15 is 0 Å². The van der Waals surface area contributed by atoms with Crippen LogP contribution in [-0.4, -0.2) is 29.0 Å². The molecule has 0 aromatic rings. The van der Waals surface area contributed by atoms with E-state index in [1.165, 1.54) is 18.6 Å². The zero-order valence-electron chi connectivity index (χ0n) is 12.1. The van der Waals surface area contributed by atoms with E-state index in [4.69, 9.17) is 5.73 Å². The van der Waals surface area contributed by atoms with Crippen LogP contribution in [0.1, 0.15) is 58.3 Å². The minimum atomic E-state index is 0.169. The van der Waals surface area contributed by atoms with E-state index in [1.807, 2.05) is 11.8 Å². The molecule has 3 N–H and O–H groups in total. The highest BCUT2D eigenvalue weighted by atomic mass is 32.2. The van der Waals surface area contributed by atoms with E-state index in [1.54, 1.807) is 0 Å². The third-order valence-corrected chi connectivity index (χ3v) is 5.69. The second-order valence-electron chi connectivity index (χ2n) is 6.07. The predicted molar refractivity (Wildman–Crippen MR) is 82.3 cm³/mol. The van der Waals surface area contributed by atoms with Crippen molar-refractivity contribution in [1.82, 2.24) is 5.32 Å². The van der Waals surface area contributed by atoms with Gasteiger partial charge < -0.3 is 11.1 Å². The molecule has 2 saturated carbocycles. The summed E-state index contributed by atoms with van der Waals surface area (Å²) in [7, 11) is 0. The Morgan fingerprint density at radius 2 is 2.00 bits per heavy atom. The Balaban J connectivity index is 1.77. The smallest absolute Gasteiger partial charge is 0.223 e. The van der Waals surface area contributed by atoms with Gasteiger partial charge in [0.05, 0.1) is 0 Å². The van der Waals surface area contributed by atoms with E-state index in [0.29, 0.717) is 6.04 Å². The van der Waals surface area contributed by atoms with Crippen molar-refractivity contribution in [3.63, 3.8) is 0 Å². The molecule has 4 heteroatoms. The third kappa shape index (κ3) is 4.67. The van der Waals surface area contributed by atoms with Crippen LogP contribution in [0.4, 0.5) is 0 Å². The average Bonchev–Trinajstić information content (AvgIpc) is 2.39. The van der Waals surface area contributed by atoms with E-state index in [2.05, 4.69) is 12.2 Å². The van der Waals surface area contributed by atoms with Gasteiger partial charge in [-0.3, -0.25) is 4.79 Å². The van der Waals surface area contributed by atoms with Crippen LogP contribution in [0.25, 0.3) is 0 Å². The molecule has 19 heavy (non-hydrogen) atoms. The lowest BCUT2D eigenvalue weighted by Crippen LogP contribution is -2.44. The molecule has 0 aromatic carbocycles. The first-order chi connectivity index (χ1) is 9.19. The van der Waals surface area contributed by atoms with Crippen molar-refractivity contribution in [2.45, 2.75) is 75.6 Å². The first-order valence-corrected chi connectivity index (χ1v) is 8.91. The van der Waals surface area contributed by atoms with Gasteiger partial charge in [0.25, 0.3) is 0 Å². The highest BCUT2D eigenvalue weighted by Crippen LogP contribution is 2.29. The number of carbonyl (C=O) groups is 1. The summed E-state index contributed by atoms with van der Waals surface area (Å²) < 4.78 is 0.